The first-order valence-corrected chi connectivity index (χ1v) is 7.47. The topological polar surface area (TPSA) is 27.7 Å². The van der Waals surface area contributed by atoms with Gasteiger partial charge < -0.3 is 14.2 Å². The molecule has 0 bridgehead atoms. The Morgan fingerprint density at radius 2 is 1.57 bits per heavy atom. The van der Waals surface area contributed by atoms with Gasteiger partial charge in [-0.3, -0.25) is 0 Å². The molecule has 0 amide bonds. The molecule has 0 aliphatic carbocycles. The summed E-state index contributed by atoms with van der Waals surface area (Å²) in [5.41, 5.74) is 1.11. The Bertz CT molecular complexity index is 592. The van der Waals surface area contributed by atoms with Crippen LogP contribution in [0.15, 0.2) is 48.5 Å². The van der Waals surface area contributed by atoms with Crippen molar-refractivity contribution < 1.29 is 14.2 Å². The van der Waals surface area contributed by atoms with E-state index in [1.54, 1.807) is 0 Å². The summed E-state index contributed by atoms with van der Waals surface area (Å²) in [4.78, 5) is 0. The van der Waals surface area contributed by atoms with Crippen molar-refractivity contribution in [3.8, 4) is 17.2 Å². The third-order valence-corrected chi connectivity index (χ3v) is 3.64. The Morgan fingerprint density at radius 1 is 0.905 bits per heavy atom. The second-order valence-electron chi connectivity index (χ2n) is 5.05. The molecule has 21 heavy (non-hydrogen) atoms. The van der Waals surface area contributed by atoms with E-state index in [0.717, 1.165) is 29.2 Å². The molecule has 2 unspecified atom stereocenters. The molecule has 110 valence electrons. The van der Waals surface area contributed by atoms with E-state index in [1.165, 1.54) is 0 Å². The number of para-hydroxylation sites is 2. The summed E-state index contributed by atoms with van der Waals surface area (Å²) in [6.45, 7) is 4.77. The monoisotopic (exact) mass is 284 g/mol. The zero-order valence-corrected chi connectivity index (χ0v) is 12.4. The molecule has 1 aliphatic heterocycles. The van der Waals surface area contributed by atoms with Crippen LogP contribution in [0.4, 0.5) is 0 Å². The van der Waals surface area contributed by atoms with E-state index < -0.39 is 0 Å². The number of ether oxygens (including phenoxy) is 3. The molecular weight excluding hydrogens is 264 g/mol. The van der Waals surface area contributed by atoms with Gasteiger partial charge in [0.2, 0.25) is 0 Å². The molecular formula is C18H20O3. The molecule has 3 nitrogen and oxygen atoms in total. The summed E-state index contributed by atoms with van der Waals surface area (Å²) < 4.78 is 17.7. The Kier molecular flexibility index (Phi) is 4.00. The van der Waals surface area contributed by atoms with Crippen LogP contribution >= 0.6 is 0 Å². The highest BCUT2D eigenvalue weighted by atomic mass is 16.6. The third kappa shape index (κ3) is 2.82. The number of hydrogen-bond acceptors (Lipinski definition) is 3. The average molecular weight is 284 g/mol. The van der Waals surface area contributed by atoms with Crippen LogP contribution in [0.1, 0.15) is 31.9 Å². The van der Waals surface area contributed by atoms with Crippen molar-refractivity contribution in [1.82, 2.24) is 0 Å². The van der Waals surface area contributed by atoms with Crippen molar-refractivity contribution in [2.75, 3.05) is 6.61 Å². The van der Waals surface area contributed by atoms with Crippen LogP contribution in [0.2, 0.25) is 0 Å². The van der Waals surface area contributed by atoms with Crippen LogP contribution in [0.25, 0.3) is 0 Å². The second-order valence-corrected chi connectivity index (χ2v) is 5.05. The third-order valence-electron chi connectivity index (χ3n) is 3.64. The minimum atomic E-state index is -0.0828. The molecule has 2 atom stereocenters. The predicted molar refractivity (Wildman–Crippen MR) is 82.1 cm³/mol. The van der Waals surface area contributed by atoms with Gasteiger partial charge in [-0.25, -0.2) is 0 Å². The fourth-order valence-electron chi connectivity index (χ4n) is 2.58. The van der Waals surface area contributed by atoms with Gasteiger partial charge in [0.15, 0.2) is 17.6 Å². The van der Waals surface area contributed by atoms with Crippen molar-refractivity contribution in [1.29, 1.82) is 0 Å². The largest absolute Gasteiger partial charge is 0.494 e. The molecule has 0 N–H and O–H groups in total. The lowest BCUT2D eigenvalue weighted by molar-refractivity contribution is 0.0176. The summed E-state index contributed by atoms with van der Waals surface area (Å²) in [5, 5.41) is 0. The minimum absolute atomic E-state index is 0.0258. The molecule has 1 aliphatic rings. The maximum Gasteiger partial charge on any atom is 0.162 e. The van der Waals surface area contributed by atoms with Gasteiger partial charge in [0, 0.05) is 0 Å². The summed E-state index contributed by atoms with van der Waals surface area (Å²) in [6, 6.07) is 15.9. The molecule has 3 rings (SSSR count). The highest BCUT2D eigenvalue weighted by Gasteiger charge is 2.31. The summed E-state index contributed by atoms with van der Waals surface area (Å²) in [5.74, 6) is 2.51. The standard InChI is InChI=1S/C18H20O3/c1-3-15-18(13-9-11-14(12-10-13)19-4-2)21-17-8-6-5-7-16(17)20-15/h5-12,15,18H,3-4H2,1-2H3. The van der Waals surface area contributed by atoms with Crippen LogP contribution in [0, 0.1) is 0 Å². The second kappa shape index (κ2) is 6.08. The molecule has 2 aromatic carbocycles. The van der Waals surface area contributed by atoms with E-state index >= 15 is 0 Å². The van der Waals surface area contributed by atoms with Crippen LogP contribution in [0.5, 0.6) is 17.2 Å². The Labute approximate surface area is 125 Å². The Morgan fingerprint density at radius 3 is 2.19 bits per heavy atom. The first-order chi connectivity index (χ1) is 10.3. The quantitative estimate of drug-likeness (QED) is 0.834. The zero-order chi connectivity index (χ0) is 14.7. The smallest absolute Gasteiger partial charge is 0.162 e. The van der Waals surface area contributed by atoms with E-state index in [0.29, 0.717) is 6.61 Å². The van der Waals surface area contributed by atoms with Crippen LogP contribution in [-0.2, 0) is 0 Å². The van der Waals surface area contributed by atoms with Crippen LogP contribution in [-0.4, -0.2) is 12.7 Å². The number of fused-ring (bicyclic) bond motifs is 1. The number of hydrogen-bond donors (Lipinski definition) is 0. The zero-order valence-electron chi connectivity index (χ0n) is 12.4. The lowest BCUT2D eigenvalue weighted by atomic mass is 10.0. The van der Waals surface area contributed by atoms with Gasteiger partial charge in [0.05, 0.1) is 6.61 Å². The molecule has 0 aromatic heterocycles. The van der Waals surface area contributed by atoms with Gasteiger partial charge in [-0.15, -0.1) is 0 Å². The molecule has 2 aromatic rings. The SMILES string of the molecule is CCOc1ccc(C2Oc3ccccc3OC2CC)cc1. The number of benzene rings is 2. The fraction of sp³-hybridized carbons (Fsp3) is 0.333. The normalized spacial score (nSPS) is 20.1. The molecule has 0 saturated heterocycles. The predicted octanol–water partition coefficient (Wildman–Crippen LogP) is 4.38. The highest BCUT2D eigenvalue weighted by molar-refractivity contribution is 5.42. The fourth-order valence-corrected chi connectivity index (χ4v) is 2.58. The minimum Gasteiger partial charge on any atom is -0.494 e. The van der Waals surface area contributed by atoms with Crippen molar-refractivity contribution >= 4 is 0 Å². The maximum absolute atomic E-state index is 6.16. The average Bonchev–Trinajstić information content (AvgIpc) is 2.54. The summed E-state index contributed by atoms with van der Waals surface area (Å²) >= 11 is 0. The van der Waals surface area contributed by atoms with Gasteiger partial charge in [0.25, 0.3) is 0 Å². The Balaban J connectivity index is 1.86. The van der Waals surface area contributed by atoms with E-state index in [2.05, 4.69) is 19.1 Å². The first-order valence-electron chi connectivity index (χ1n) is 7.47. The van der Waals surface area contributed by atoms with E-state index in [4.69, 9.17) is 14.2 Å². The van der Waals surface area contributed by atoms with E-state index in [1.807, 2.05) is 43.3 Å². The molecule has 0 saturated carbocycles. The van der Waals surface area contributed by atoms with Crippen molar-refractivity contribution in [2.45, 2.75) is 32.5 Å². The van der Waals surface area contributed by atoms with Gasteiger partial charge in [-0.2, -0.15) is 0 Å². The van der Waals surface area contributed by atoms with Gasteiger partial charge in [-0.05, 0) is 43.2 Å². The van der Waals surface area contributed by atoms with Crippen molar-refractivity contribution in [3.63, 3.8) is 0 Å². The summed E-state index contributed by atoms with van der Waals surface area (Å²) in [6.07, 6.45) is 0.838. The van der Waals surface area contributed by atoms with Gasteiger partial charge >= 0.3 is 0 Å². The van der Waals surface area contributed by atoms with Crippen molar-refractivity contribution in [3.05, 3.63) is 54.1 Å². The van der Waals surface area contributed by atoms with Gasteiger partial charge in [-0.1, -0.05) is 31.2 Å². The molecule has 0 fully saturated rings. The lowest BCUT2D eigenvalue weighted by Gasteiger charge is -2.33. The maximum atomic E-state index is 6.16. The van der Waals surface area contributed by atoms with Crippen molar-refractivity contribution in [2.24, 2.45) is 0 Å². The van der Waals surface area contributed by atoms with Gasteiger partial charge in [0.1, 0.15) is 11.9 Å². The molecule has 1 heterocycles. The molecule has 0 spiro atoms. The first kappa shape index (κ1) is 13.8. The van der Waals surface area contributed by atoms with Crippen LogP contribution in [0.3, 0.4) is 0 Å². The summed E-state index contributed by atoms with van der Waals surface area (Å²) in [7, 11) is 0. The van der Waals surface area contributed by atoms with E-state index in [-0.39, 0.29) is 12.2 Å². The molecule has 0 radical (unpaired) electrons. The number of rotatable bonds is 4. The lowest BCUT2D eigenvalue weighted by Crippen LogP contribution is -2.32. The van der Waals surface area contributed by atoms with Crippen LogP contribution < -0.4 is 14.2 Å². The Hall–Kier alpha value is -2.16. The van der Waals surface area contributed by atoms with E-state index in [9.17, 15) is 0 Å². The molecule has 3 heteroatoms. The highest BCUT2D eigenvalue weighted by Crippen LogP contribution is 2.40.